The molecule has 1 rings (SSSR count). The molecule has 0 spiro atoms. The number of pyridine rings is 1. The number of rotatable bonds is 3. The first kappa shape index (κ1) is 12.6. The lowest BCUT2D eigenvalue weighted by molar-refractivity contribution is 0.141. The molecule has 1 heterocycles. The molecule has 0 aliphatic carbocycles. The molecule has 9 heteroatoms. The number of sulfonamides is 1. The quantitative estimate of drug-likeness (QED) is 0.811. The van der Waals surface area contributed by atoms with Gasteiger partial charge in [-0.05, 0) is 0 Å². The molecule has 0 aliphatic heterocycles. The van der Waals surface area contributed by atoms with Gasteiger partial charge in [0.25, 0.3) is 6.43 Å². The van der Waals surface area contributed by atoms with Crippen LogP contribution in [0.4, 0.5) is 8.78 Å². The highest BCUT2D eigenvalue weighted by atomic mass is 32.2. The number of aromatic hydroxyl groups is 1. The smallest absolute Gasteiger partial charge is 0.281 e. The van der Waals surface area contributed by atoms with E-state index in [1.54, 1.807) is 0 Å². The Morgan fingerprint density at radius 2 is 2.12 bits per heavy atom. The van der Waals surface area contributed by atoms with Crippen molar-refractivity contribution in [2.24, 2.45) is 5.14 Å². The molecule has 0 fully saturated rings. The average molecular weight is 254 g/mol. The molecule has 16 heavy (non-hydrogen) atoms. The zero-order chi connectivity index (χ0) is 12.5. The number of halogens is 2. The number of ether oxygens (including phenoxy) is 1. The van der Waals surface area contributed by atoms with Crippen LogP contribution in [-0.4, -0.2) is 25.6 Å². The fourth-order valence-electron chi connectivity index (χ4n) is 1.11. The van der Waals surface area contributed by atoms with Crippen LogP contribution in [0.5, 0.6) is 11.5 Å². The number of nitrogens with two attached hydrogens (primary N) is 1. The Kier molecular flexibility index (Phi) is 3.29. The van der Waals surface area contributed by atoms with Crippen LogP contribution in [0.25, 0.3) is 0 Å². The molecule has 0 bridgehead atoms. The highest BCUT2D eigenvalue weighted by Gasteiger charge is 2.29. The number of aromatic nitrogens is 1. The zero-order valence-corrected chi connectivity index (χ0v) is 8.83. The molecular formula is C7H8F2N2O4S. The Bertz CT molecular complexity index is 503. The summed E-state index contributed by atoms with van der Waals surface area (Å²) in [6.45, 7) is 0. The maximum Gasteiger partial charge on any atom is 0.281 e. The Hall–Kier alpha value is -1.48. The second-order valence-electron chi connectivity index (χ2n) is 2.74. The maximum atomic E-state index is 12.5. The van der Waals surface area contributed by atoms with Gasteiger partial charge in [0, 0.05) is 0 Å². The van der Waals surface area contributed by atoms with Gasteiger partial charge in [-0.25, -0.2) is 27.3 Å². The minimum atomic E-state index is -4.47. The standard InChI is InChI=1S/C7H8F2N2O4S/c1-15-5-3(12)2-11-4(7(8)9)6(5)16(10,13)14/h2,7,12H,1H3,(H2,10,13,14). The van der Waals surface area contributed by atoms with Gasteiger partial charge in [0.2, 0.25) is 10.0 Å². The van der Waals surface area contributed by atoms with Crippen LogP contribution in [-0.2, 0) is 10.0 Å². The number of alkyl halides is 2. The molecule has 0 unspecified atom stereocenters. The van der Waals surface area contributed by atoms with Crippen molar-refractivity contribution in [3.63, 3.8) is 0 Å². The third kappa shape index (κ3) is 2.19. The van der Waals surface area contributed by atoms with Crippen molar-refractivity contribution in [1.29, 1.82) is 0 Å². The lowest BCUT2D eigenvalue weighted by atomic mass is 10.3. The van der Waals surface area contributed by atoms with Gasteiger partial charge in [-0.1, -0.05) is 0 Å². The van der Waals surface area contributed by atoms with Gasteiger partial charge >= 0.3 is 0 Å². The molecule has 0 atom stereocenters. The highest BCUT2D eigenvalue weighted by molar-refractivity contribution is 7.89. The van der Waals surface area contributed by atoms with Gasteiger partial charge < -0.3 is 9.84 Å². The molecule has 6 nitrogen and oxygen atoms in total. The van der Waals surface area contributed by atoms with Crippen LogP contribution in [0.3, 0.4) is 0 Å². The fourth-order valence-corrected chi connectivity index (χ4v) is 1.99. The van der Waals surface area contributed by atoms with Crippen LogP contribution >= 0.6 is 0 Å². The van der Waals surface area contributed by atoms with Gasteiger partial charge in [-0.3, -0.25) is 0 Å². The third-order valence-corrected chi connectivity index (χ3v) is 2.66. The van der Waals surface area contributed by atoms with Crippen LogP contribution in [0.15, 0.2) is 11.1 Å². The van der Waals surface area contributed by atoms with E-state index >= 15 is 0 Å². The Balaban J connectivity index is 3.68. The first-order chi connectivity index (χ1) is 7.29. The number of hydrogen-bond donors (Lipinski definition) is 2. The molecule has 0 saturated heterocycles. The third-order valence-electron chi connectivity index (χ3n) is 1.69. The largest absolute Gasteiger partial charge is 0.503 e. The van der Waals surface area contributed by atoms with E-state index in [9.17, 15) is 22.3 Å². The summed E-state index contributed by atoms with van der Waals surface area (Å²) in [5.74, 6) is -1.33. The predicted octanol–water partition coefficient (Wildman–Crippen LogP) is 0.381. The number of hydrogen-bond acceptors (Lipinski definition) is 5. The van der Waals surface area contributed by atoms with Crippen molar-refractivity contribution in [2.75, 3.05) is 7.11 Å². The first-order valence-electron chi connectivity index (χ1n) is 3.85. The van der Waals surface area contributed by atoms with E-state index in [0.717, 1.165) is 7.11 Å². The molecule has 0 amide bonds. The van der Waals surface area contributed by atoms with Crippen LogP contribution in [0, 0.1) is 0 Å². The predicted molar refractivity (Wildman–Crippen MR) is 48.8 cm³/mol. The highest BCUT2D eigenvalue weighted by Crippen LogP contribution is 2.37. The summed E-state index contributed by atoms with van der Waals surface area (Å²) in [5.41, 5.74) is -1.06. The van der Waals surface area contributed by atoms with Gasteiger partial charge in [-0.15, -0.1) is 0 Å². The molecule has 0 aliphatic rings. The molecule has 0 aromatic carbocycles. The minimum Gasteiger partial charge on any atom is -0.503 e. The van der Waals surface area contributed by atoms with Gasteiger partial charge in [-0.2, -0.15) is 0 Å². The molecule has 3 N–H and O–H groups in total. The topological polar surface area (TPSA) is 103 Å². The minimum absolute atomic E-state index is 0.646. The summed E-state index contributed by atoms with van der Waals surface area (Å²) in [4.78, 5) is 2.10. The first-order valence-corrected chi connectivity index (χ1v) is 5.40. The van der Waals surface area contributed by atoms with E-state index in [1.165, 1.54) is 0 Å². The lowest BCUT2D eigenvalue weighted by Gasteiger charge is -2.11. The molecular weight excluding hydrogens is 246 g/mol. The van der Waals surface area contributed by atoms with Crippen molar-refractivity contribution < 1.29 is 27.0 Å². The zero-order valence-electron chi connectivity index (χ0n) is 8.02. The van der Waals surface area contributed by atoms with Crippen molar-refractivity contribution in [2.45, 2.75) is 11.3 Å². The lowest BCUT2D eigenvalue weighted by Crippen LogP contribution is -2.17. The fraction of sp³-hybridized carbons (Fsp3) is 0.286. The van der Waals surface area contributed by atoms with Gasteiger partial charge in [0.15, 0.2) is 16.4 Å². The van der Waals surface area contributed by atoms with E-state index in [2.05, 4.69) is 9.72 Å². The molecule has 1 aromatic rings. The summed E-state index contributed by atoms with van der Waals surface area (Å²) < 4.78 is 51.7. The molecule has 0 saturated carbocycles. The average Bonchev–Trinajstić information content (AvgIpc) is 2.15. The van der Waals surface area contributed by atoms with Crippen molar-refractivity contribution >= 4 is 10.0 Å². The Morgan fingerprint density at radius 1 is 1.56 bits per heavy atom. The summed E-state index contributed by atoms with van der Waals surface area (Å²) in [6.07, 6.45) is -2.49. The summed E-state index contributed by atoms with van der Waals surface area (Å²) in [7, 11) is -3.46. The molecule has 0 radical (unpaired) electrons. The summed E-state index contributed by atoms with van der Waals surface area (Å²) >= 11 is 0. The van der Waals surface area contributed by atoms with E-state index < -0.39 is 38.5 Å². The second-order valence-corrected chi connectivity index (χ2v) is 4.24. The number of methoxy groups -OCH3 is 1. The molecule has 1 aromatic heterocycles. The van der Waals surface area contributed by atoms with Crippen molar-refractivity contribution in [1.82, 2.24) is 4.98 Å². The SMILES string of the molecule is COc1c(O)cnc(C(F)F)c1S(N)(=O)=O. The summed E-state index contributed by atoms with van der Waals surface area (Å²) in [6, 6.07) is 0. The van der Waals surface area contributed by atoms with E-state index in [-0.39, 0.29) is 0 Å². The number of primary sulfonamides is 1. The molecule has 90 valence electrons. The Morgan fingerprint density at radius 3 is 2.50 bits per heavy atom. The normalized spacial score (nSPS) is 11.8. The van der Waals surface area contributed by atoms with Gasteiger partial charge in [0.1, 0.15) is 5.69 Å². The van der Waals surface area contributed by atoms with Crippen LogP contribution < -0.4 is 9.88 Å². The maximum absolute atomic E-state index is 12.5. The van der Waals surface area contributed by atoms with E-state index in [4.69, 9.17) is 5.14 Å². The van der Waals surface area contributed by atoms with E-state index in [1.807, 2.05) is 0 Å². The van der Waals surface area contributed by atoms with Crippen LogP contribution in [0.1, 0.15) is 12.1 Å². The summed E-state index contributed by atoms with van der Waals surface area (Å²) in [5, 5.41) is 14.0. The second kappa shape index (κ2) is 4.18. The van der Waals surface area contributed by atoms with Gasteiger partial charge in [0.05, 0.1) is 13.3 Å². The number of nitrogens with zero attached hydrogens (tertiary/aromatic N) is 1. The van der Waals surface area contributed by atoms with Crippen molar-refractivity contribution in [3.8, 4) is 11.5 Å². The van der Waals surface area contributed by atoms with Crippen molar-refractivity contribution in [3.05, 3.63) is 11.9 Å². The Labute approximate surface area is 89.7 Å². The van der Waals surface area contributed by atoms with Crippen LogP contribution in [0.2, 0.25) is 0 Å². The van der Waals surface area contributed by atoms with E-state index in [0.29, 0.717) is 6.20 Å². The monoisotopic (exact) mass is 254 g/mol.